The lowest BCUT2D eigenvalue weighted by atomic mass is 10.0. The summed E-state index contributed by atoms with van der Waals surface area (Å²) in [5.74, 6) is 0.291. The second-order valence-electron chi connectivity index (χ2n) is 7.02. The van der Waals surface area contributed by atoms with Gasteiger partial charge in [-0.15, -0.1) is 0 Å². The fraction of sp³-hybridized carbons (Fsp3) is 0.632. The summed E-state index contributed by atoms with van der Waals surface area (Å²) in [6.45, 7) is 5.31. The summed E-state index contributed by atoms with van der Waals surface area (Å²) in [5.41, 5.74) is 9.41. The Hall–Kier alpha value is -1.71. The third-order valence-electron chi connectivity index (χ3n) is 5.29. The van der Waals surface area contributed by atoms with E-state index in [1.807, 2.05) is 0 Å². The van der Waals surface area contributed by atoms with Crippen molar-refractivity contribution in [2.45, 2.75) is 57.9 Å². The number of likely N-dealkylation sites (tertiary alicyclic amines) is 1. The molecule has 1 amide bonds. The van der Waals surface area contributed by atoms with Gasteiger partial charge in [0, 0.05) is 32.1 Å². The van der Waals surface area contributed by atoms with Crippen molar-refractivity contribution in [2.75, 3.05) is 30.3 Å². The van der Waals surface area contributed by atoms with Crippen molar-refractivity contribution in [1.82, 2.24) is 4.90 Å². The Balaban J connectivity index is 1.57. The van der Waals surface area contributed by atoms with E-state index in [2.05, 4.69) is 34.9 Å². The number of anilines is 2. The van der Waals surface area contributed by atoms with E-state index in [0.29, 0.717) is 18.4 Å². The molecule has 2 saturated heterocycles. The highest BCUT2D eigenvalue weighted by molar-refractivity contribution is 5.77. The number of nitrogens with two attached hydrogens (primary N) is 1. The molecule has 1 unspecified atom stereocenters. The van der Waals surface area contributed by atoms with Gasteiger partial charge in [0.2, 0.25) is 5.91 Å². The van der Waals surface area contributed by atoms with Crippen LogP contribution >= 0.6 is 0 Å². The molecule has 0 aromatic heterocycles. The molecule has 1 aromatic carbocycles. The van der Waals surface area contributed by atoms with Crippen LogP contribution < -0.4 is 10.6 Å². The normalized spacial score (nSPS) is 21.7. The number of carbonyl (C=O) groups is 1. The molecule has 23 heavy (non-hydrogen) atoms. The maximum absolute atomic E-state index is 12.4. The van der Waals surface area contributed by atoms with E-state index in [9.17, 15) is 4.79 Å². The van der Waals surface area contributed by atoms with E-state index < -0.39 is 0 Å². The Labute approximate surface area is 139 Å². The zero-order valence-corrected chi connectivity index (χ0v) is 14.3. The highest BCUT2D eigenvalue weighted by atomic mass is 16.2. The first kappa shape index (κ1) is 16.2. The fourth-order valence-electron chi connectivity index (χ4n) is 3.87. The van der Waals surface area contributed by atoms with Gasteiger partial charge in [-0.05, 0) is 63.1 Å². The number of hydrogen-bond acceptors (Lipinski definition) is 3. The molecule has 0 bridgehead atoms. The SMILES string of the molecule is CC1CCCCN1C(=O)CCc1ccc(N2CCCC2)c(N)c1. The molecule has 0 radical (unpaired) electrons. The van der Waals surface area contributed by atoms with Crippen molar-refractivity contribution >= 4 is 17.3 Å². The van der Waals surface area contributed by atoms with Crippen LogP contribution in [0.25, 0.3) is 0 Å². The number of nitrogen functional groups attached to an aromatic ring is 1. The number of hydrogen-bond donors (Lipinski definition) is 1. The lowest BCUT2D eigenvalue weighted by molar-refractivity contribution is -0.134. The molecule has 2 N–H and O–H groups in total. The van der Waals surface area contributed by atoms with E-state index in [4.69, 9.17) is 5.73 Å². The Kier molecular flexibility index (Phi) is 5.09. The summed E-state index contributed by atoms with van der Waals surface area (Å²) in [6, 6.07) is 6.72. The van der Waals surface area contributed by atoms with Gasteiger partial charge < -0.3 is 15.5 Å². The largest absolute Gasteiger partial charge is 0.397 e. The van der Waals surface area contributed by atoms with Crippen molar-refractivity contribution in [2.24, 2.45) is 0 Å². The first-order valence-corrected chi connectivity index (χ1v) is 9.08. The molecule has 4 nitrogen and oxygen atoms in total. The van der Waals surface area contributed by atoms with Crippen molar-refractivity contribution in [3.8, 4) is 0 Å². The predicted octanol–water partition coefficient (Wildman–Crippen LogP) is 3.20. The summed E-state index contributed by atoms with van der Waals surface area (Å²) in [7, 11) is 0. The molecular formula is C19H29N3O. The summed E-state index contributed by atoms with van der Waals surface area (Å²) in [4.78, 5) is 16.9. The van der Waals surface area contributed by atoms with Crippen molar-refractivity contribution in [3.63, 3.8) is 0 Å². The van der Waals surface area contributed by atoms with Crippen LogP contribution in [0.3, 0.4) is 0 Å². The Morgan fingerprint density at radius 2 is 1.91 bits per heavy atom. The van der Waals surface area contributed by atoms with Gasteiger partial charge in [-0.2, -0.15) is 0 Å². The van der Waals surface area contributed by atoms with Crippen molar-refractivity contribution in [1.29, 1.82) is 0 Å². The molecule has 0 aliphatic carbocycles. The van der Waals surface area contributed by atoms with Crippen LogP contribution in [0.2, 0.25) is 0 Å². The number of piperidine rings is 1. The molecule has 2 heterocycles. The second-order valence-corrected chi connectivity index (χ2v) is 7.02. The van der Waals surface area contributed by atoms with E-state index in [1.165, 1.54) is 24.8 Å². The van der Waals surface area contributed by atoms with Crippen LogP contribution in [0.4, 0.5) is 11.4 Å². The highest BCUT2D eigenvalue weighted by Gasteiger charge is 2.22. The summed E-state index contributed by atoms with van der Waals surface area (Å²) in [6.07, 6.45) is 7.42. The molecule has 4 heteroatoms. The molecule has 126 valence electrons. The molecule has 0 spiro atoms. The fourth-order valence-corrected chi connectivity index (χ4v) is 3.87. The second kappa shape index (κ2) is 7.24. The molecule has 1 aromatic rings. The summed E-state index contributed by atoms with van der Waals surface area (Å²) >= 11 is 0. The van der Waals surface area contributed by atoms with Crippen LogP contribution in [-0.4, -0.2) is 36.5 Å². The van der Waals surface area contributed by atoms with Gasteiger partial charge >= 0.3 is 0 Å². The lowest BCUT2D eigenvalue weighted by Gasteiger charge is -2.33. The minimum absolute atomic E-state index is 0.291. The molecule has 0 saturated carbocycles. The number of amides is 1. The van der Waals surface area contributed by atoms with Crippen LogP contribution in [0.15, 0.2) is 18.2 Å². The topological polar surface area (TPSA) is 49.6 Å². The molecule has 2 aliphatic heterocycles. The maximum atomic E-state index is 12.4. The van der Waals surface area contributed by atoms with Gasteiger partial charge in [-0.25, -0.2) is 0 Å². The third-order valence-corrected chi connectivity index (χ3v) is 5.29. The van der Waals surface area contributed by atoms with Crippen LogP contribution in [0.5, 0.6) is 0 Å². The molecular weight excluding hydrogens is 286 g/mol. The van der Waals surface area contributed by atoms with Gasteiger partial charge in [0.15, 0.2) is 0 Å². The number of rotatable bonds is 4. The van der Waals surface area contributed by atoms with Crippen molar-refractivity contribution < 1.29 is 4.79 Å². The standard InChI is InChI=1S/C19H29N3O/c1-15-6-2-3-13-22(15)19(23)10-8-16-7-9-18(17(20)14-16)21-11-4-5-12-21/h7,9,14-15H,2-6,8,10-13,20H2,1H3. The third kappa shape index (κ3) is 3.80. The van der Waals surface area contributed by atoms with Gasteiger partial charge in [-0.3, -0.25) is 4.79 Å². The average molecular weight is 315 g/mol. The van der Waals surface area contributed by atoms with Gasteiger partial charge in [0.1, 0.15) is 0 Å². The van der Waals surface area contributed by atoms with E-state index in [1.54, 1.807) is 0 Å². The summed E-state index contributed by atoms with van der Waals surface area (Å²) in [5, 5.41) is 0. The first-order chi connectivity index (χ1) is 11.1. The minimum atomic E-state index is 0.291. The Morgan fingerprint density at radius 3 is 2.61 bits per heavy atom. The minimum Gasteiger partial charge on any atom is -0.397 e. The van der Waals surface area contributed by atoms with E-state index >= 15 is 0 Å². The van der Waals surface area contributed by atoms with Gasteiger partial charge in [0.05, 0.1) is 11.4 Å². The number of aryl methyl sites for hydroxylation is 1. The molecule has 2 fully saturated rings. The van der Waals surface area contributed by atoms with E-state index in [0.717, 1.165) is 50.3 Å². The monoisotopic (exact) mass is 315 g/mol. The van der Waals surface area contributed by atoms with Gasteiger partial charge in [0.25, 0.3) is 0 Å². The Morgan fingerprint density at radius 1 is 1.17 bits per heavy atom. The van der Waals surface area contributed by atoms with Crippen LogP contribution in [0.1, 0.15) is 51.0 Å². The number of carbonyl (C=O) groups excluding carboxylic acids is 1. The quantitative estimate of drug-likeness (QED) is 0.868. The first-order valence-electron chi connectivity index (χ1n) is 9.08. The zero-order chi connectivity index (χ0) is 16.2. The maximum Gasteiger partial charge on any atom is 0.223 e. The van der Waals surface area contributed by atoms with Gasteiger partial charge in [-0.1, -0.05) is 6.07 Å². The molecule has 1 atom stereocenters. The highest BCUT2D eigenvalue weighted by Crippen LogP contribution is 2.28. The number of nitrogens with zero attached hydrogens (tertiary/aromatic N) is 2. The smallest absolute Gasteiger partial charge is 0.223 e. The van der Waals surface area contributed by atoms with E-state index in [-0.39, 0.29) is 0 Å². The predicted molar refractivity (Wildman–Crippen MR) is 95.6 cm³/mol. The zero-order valence-electron chi connectivity index (χ0n) is 14.3. The summed E-state index contributed by atoms with van der Waals surface area (Å²) < 4.78 is 0. The molecule has 3 rings (SSSR count). The lowest BCUT2D eigenvalue weighted by Crippen LogP contribution is -2.42. The molecule has 2 aliphatic rings. The van der Waals surface area contributed by atoms with Crippen LogP contribution in [0, 0.1) is 0 Å². The number of benzene rings is 1. The Bertz CT molecular complexity index is 552. The van der Waals surface area contributed by atoms with Crippen LogP contribution in [-0.2, 0) is 11.2 Å². The van der Waals surface area contributed by atoms with Crippen molar-refractivity contribution in [3.05, 3.63) is 23.8 Å². The average Bonchev–Trinajstić information content (AvgIpc) is 3.07.